The quantitative estimate of drug-likeness (QED) is 0.385. The zero-order valence-corrected chi connectivity index (χ0v) is 13.6. The van der Waals surface area contributed by atoms with E-state index in [-0.39, 0.29) is 55.8 Å². The molecule has 8 nitrogen and oxygen atoms in total. The van der Waals surface area contributed by atoms with Crippen LogP contribution < -0.4 is 38.4 Å². The Labute approximate surface area is 112 Å². The van der Waals surface area contributed by atoms with Crippen molar-refractivity contribution in [3.63, 3.8) is 0 Å². The van der Waals surface area contributed by atoms with Gasteiger partial charge < -0.3 is 56.5 Å². The predicted molar refractivity (Wildman–Crippen MR) is 17.3 cm³/mol. The molecule has 13 heteroatoms. The minimum absolute atomic E-state index is 0. The maximum atomic E-state index is 8.58. The molecule has 0 N–H and O–H groups in total. The van der Waals surface area contributed by atoms with E-state index in [1.807, 2.05) is 0 Å². The van der Waals surface area contributed by atoms with Gasteiger partial charge in [0.25, 0.3) is 0 Å². The SMILES string of the molecule is [Be+2].[O-][Si]([O-])([O-])[O-].[O-][Si]([O-])([O-])[O-].[Zn+2].[Zr+4]. The van der Waals surface area contributed by atoms with Crippen LogP contribution in [0.25, 0.3) is 0 Å². The van der Waals surface area contributed by atoms with Crippen LogP contribution in [0.2, 0.25) is 0 Å². The van der Waals surface area contributed by atoms with E-state index < -0.39 is 18.1 Å². The second-order valence-corrected chi connectivity index (χ2v) is 3.00. The summed E-state index contributed by atoms with van der Waals surface area (Å²) in [5.74, 6) is 0. The second kappa shape index (κ2) is 11.9. The Kier molecular flexibility index (Phi) is 26.8. The summed E-state index contributed by atoms with van der Waals surface area (Å²) in [7, 11) is -11.2. The molecule has 0 atom stereocenters. The third-order valence-electron chi connectivity index (χ3n) is 0. The fraction of sp³-hybridized carbons (Fsp3) is 0. The third kappa shape index (κ3) is 599. The topological polar surface area (TPSA) is 184 Å². The molecule has 0 aromatic heterocycles. The Morgan fingerprint density at radius 1 is 0.538 bits per heavy atom. The molecule has 0 aromatic carbocycles. The van der Waals surface area contributed by atoms with Crippen molar-refractivity contribution in [1.82, 2.24) is 0 Å². The molecule has 0 rings (SSSR count). The molecule has 0 unspecified atom stereocenters. The first kappa shape index (κ1) is 29.3. The smallest absolute Gasteiger partial charge is 0.894 e. The van der Waals surface area contributed by atoms with Crippen molar-refractivity contribution in [2.75, 3.05) is 0 Å². The van der Waals surface area contributed by atoms with Crippen LogP contribution in [-0.4, -0.2) is 28.2 Å². The van der Waals surface area contributed by atoms with E-state index in [0.29, 0.717) is 0 Å². The third-order valence-corrected chi connectivity index (χ3v) is 0. The molecular weight excluding hydrogens is 350 g/mol. The van der Waals surface area contributed by atoms with Crippen LogP contribution in [0.5, 0.6) is 0 Å². The Hall–Kier alpha value is 1.79. The molecule has 0 fully saturated rings. The first-order chi connectivity index (χ1) is 4.00. The van der Waals surface area contributed by atoms with Crippen LogP contribution in [0, 0.1) is 0 Å². The van der Waals surface area contributed by atoms with Gasteiger partial charge in [0.05, 0.1) is 0 Å². The van der Waals surface area contributed by atoms with Crippen molar-refractivity contribution in [3.05, 3.63) is 0 Å². The summed E-state index contributed by atoms with van der Waals surface area (Å²) in [6.45, 7) is 0. The van der Waals surface area contributed by atoms with E-state index in [4.69, 9.17) is 38.4 Å². The zero-order chi connectivity index (χ0) is 9.00. The van der Waals surface area contributed by atoms with Crippen LogP contribution in [0.4, 0.5) is 0 Å². The molecular formula is BeO8Si2ZnZr. The summed E-state index contributed by atoms with van der Waals surface area (Å²) < 4.78 is 0. The van der Waals surface area contributed by atoms with Gasteiger partial charge >= 0.3 is 55.8 Å². The standard InChI is InChI=1S/Be.2O4Si.Zn.Zr/c;2*1-5(2,3)4;;/q+2;2*-4;+2;+4. The van der Waals surface area contributed by atoms with Crippen molar-refractivity contribution in [1.29, 1.82) is 0 Å². The predicted octanol–water partition coefficient (Wildman–Crippen LogP) is -10.7. The maximum absolute atomic E-state index is 8.58. The first-order valence-corrected chi connectivity index (χ1v) is 4.90. The molecule has 64 valence electrons. The van der Waals surface area contributed by atoms with Crippen LogP contribution in [-0.2, 0) is 45.7 Å². The molecule has 0 radical (unpaired) electrons. The number of rotatable bonds is 0. The minimum Gasteiger partial charge on any atom is -0.894 e. The van der Waals surface area contributed by atoms with Gasteiger partial charge in [-0.05, 0) is 0 Å². The van der Waals surface area contributed by atoms with Crippen molar-refractivity contribution < 1.29 is 84.0 Å². The monoisotopic (exact) mass is 347 g/mol. The molecule has 0 spiro atoms. The summed E-state index contributed by atoms with van der Waals surface area (Å²) in [6.07, 6.45) is 0. The van der Waals surface area contributed by atoms with Gasteiger partial charge in [0.2, 0.25) is 0 Å². The van der Waals surface area contributed by atoms with E-state index in [1.165, 1.54) is 0 Å². The molecule has 0 aliphatic heterocycles. The normalized spacial score (nSPS) is 9.23. The van der Waals surface area contributed by atoms with Crippen LogP contribution >= 0.6 is 0 Å². The van der Waals surface area contributed by atoms with Crippen molar-refractivity contribution in [3.8, 4) is 0 Å². The summed E-state index contributed by atoms with van der Waals surface area (Å²) >= 11 is 0. The molecule has 0 aromatic rings. The summed E-state index contributed by atoms with van der Waals surface area (Å²) in [4.78, 5) is 68.6. The Bertz CT molecular complexity index is 65.1. The van der Waals surface area contributed by atoms with E-state index in [0.717, 1.165) is 0 Å². The first-order valence-electron chi connectivity index (χ1n) is 1.63. The van der Waals surface area contributed by atoms with Gasteiger partial charge in [0.1, 0.15) is 0 Å². The summed E-state index contributed by atoms with van der Waals surface area (Å²) in [6, 6.07) is 0. The minimum atomic E-state index is -5.61. The van der Waals surface area contributed by atoms with Crippen molar-refractivity contribution >= 4 is 28.2 Å². The van der Waals surface area contributed by atoms with Crippen LogP contribution in [0.15, 0.2) is 0 Å². The van der Waals surface area contributed by atoms with Crippen LogP contribution in [0.3, 0.4) is 0 Å². The number of hydrogen-bond acceptors (Lipinski definition) is 8. The molecule has 0 saturated heterocycles. The van der Waals surface area contributed by atoms with Gasteiger partial charge in [-0.3, -0.25) is 0 Å². The van der Waals surface area contributed by atoms with Gasteiger partial charge in [-0.25, -0.2) is 0 Å². The molecule has 0 bridgehead atoms. The van der Waals surface area contributed by atoms with Crippen LogP contribution in [0.1, 0.15) is 0 Å². The van der Waals surface area contributed by atoms with E-state index in [9.17, 15) is 0 Å². The van der Waals surface area contributed by atoms with E-state index >= 15 is 0 Å². The summed E-state index contributed by atoms with van der Waals surface area (Å²) in [5, 5.41) is 0. The Morgan fingerprint density at radius 2 is 0.538 bits per heavy atom. The molecule has 0 heterocycles. The maximum Gasteiger partial charge on any atom is 4.00 e. The number of hydrogen-bond donors (Lipinski definition) is 0. The molecule has 0 saturated carbocycles. The van der Waals surface area contributed by atoms with Gasteiger partial charge in [0.15, 0.2) is 0 Å². The van der Waals surface area contributed by atoms with E-state index in [1.54, 1.807) is 0 Å². The largest absolute Gasteiger partial charge is 4.00 e. The van der Waals surface area contributed by atoms with Gasteiger partial charge in [-0.2, -0.15) is 0 Å². The zero-order valence-electron chi connectivity index (χ0n) is 6.18. The second-order valence-electron chi connectivity index (χ2n) is 1.00. The van der Waals surface area contributed by atoms with E-state index in [2.05, 4.69) is 0 Å². The van der Waals surface area contributed by atoms with Gasteiger partial charge in [0, 0.05) is 0 Å². The molecule has 0 aliphatic rings. The van der Waals surface area contributed by atoms with Gasteiger partial charge in [-0.15, -0.1) is 0 Å². The fourth-order valence-corrected chi connectivity index (χ4v) is 0. The fourth-order valence-electron chi connectivity index (χ4n) is 0. The molecule has 0 amide bonds. The Balaban J connectivity index is -0.0000000267. The molecule has 13 heavy (non-hydrogen) atoms. The van der Waals surface area contributed by atoms with Gasteiger partial charge in [-0.1, -0.05) is 0 Å². The summed E-state index contributed by atoms with van der Waals surface area (Å²) in [5.41, 5.74) is 0. The van der Waals surface area contributed by atoms with Crippen molar-refractivity contribution in [2.45, 2.75) is 0 Å². The Morgan fingerprint density at radius 3 is 0.538 bits per heavy atom. The average Bonchev–Trinajstić information content (AvgIpc) is 1.12. The molecule has 0 aliphatic carbocycles. The van der Waals surface area contributed by atoms with Crippen molar-refractivity contribution in [2.24, 2.45) is 0 Å². The average molecular weight is 350 g/mol.